The lowest BCUT2D eigenvalue weighted by Gasteiger charge is -2.05. The van der Waals surface area contributed by atoms with Gasteiger partial charge in [0, 0.05) is 35.5 Å². The number of aromatic nitrogens is 1. The van der Waals surface area contributed by atoms with Gasteiger partial charge in [0.15, 0.2) is 0 Å². The average molecular weight is 269 g/mol. The van der Waals surface area contributed by atoms with E-state index in [2.05, 4.69) is 28.5 Å². The van der Waals surface area contributed by atoms with Crippen LogP contribution in [-0.2, 0) is 6.54 Å². The van der Waals surface area contributed by atoms with Crippen LogP contribution in [0.4, 0.5) is 0 Å². The Kier molecular flexibility index (Phi) is 5.42. The van der Waals surface area contributed by atoms with Crippen LogP contribution in [-0.4, -0.2) is 17.3 Å². The van der Waals surface area contributed by atoms with Crippen LogP contribution in [0.1, 0.15) is 11.3 Å². The number of nitrogens with zero attached hydrogens (tertiary/aromatic N) is 2. The van der Waals surface area contributed by atoms with E-state index in [-0.39, 0.29) is 0 Å². The van der Waals surface area contributed by atoms with Crippen molar-refractivity contribution in [3.8, 4) is 6.07 Å². The van der Waals surface area contributed by atoms with Crippen LogP contribution in [0.5, 0.6) is 0 Å². The Morgan fingerprint density at radius 1 is 1.16 bits per heavy atom. The minimum atomic E-state index is 0.505. The van der Waals surface area contributed by atoms with Crippen LogP contribution in [0.3, 0.4) is 0 Å². The molecule has 2 aromatic rings. The number of benzene rings is 1. The van der Waals surface area contributed by atoms with Gasteiger partial charge in [-0.15, -0.1) is 11.8 Å². The molecule has 0 aliphatic carbocycles. The highest BCUT2D eigenvalue weighted by atomic mass is 32.2. The highest BCUT2D eigenvalue weighted by Crippen LogP contribution is 2.15. The Morgan fingerprint density at radius 3 is 2.79 bits per heavy atom. The predicted molar refractivity (Wildman–Crippen MR) is 77.8 cm³/mol. The summed E-state index contributed by atoms with van der Waals surface area (Å²) in [5.74, 6) is 1.01. The summed E-state index contributed by atoms with van der Waals surface area (Å²) in [6.45, 7) is 1.59. The normalized spacial score (nSPS) is 10.1. The second-order valence-electron chi connectivity index (χ2n) is 3.96. The number of nitrogens with one attached hydrogen (secondary N) is 1. The van der Waals surface area contributed by atoms with Gasteiger partial charge in [-0.05, 0) is 18.2 Å². The number of pyridine rings is 1. The van der Waals surface area contributed by atoms with E-state index in [1.807, 2.05) is 42.1 Å². The molecule has 0 spiro atoms. The van der Waals surface area contributed by atoms with E-state index < -0.39 is 0 Å². The van der Waals surface area contributed by atoms with Crippen LogP contribution in [0.25, 0.3) is 0 Å². The molecule has 0 fully saturated rings. The number of rotatable bonds is 6. The zero-order valence-corrected chi connectivity index (χ0v) is 11.4. The van der Waals surface area contributed by atoms with Crippen molar-refractivity contribution in [3.05, 3.63) is 59.9 Å². The molecule has 0 aliphatic heterocycles. The van der Waals surface area contributed by atoms with Gasteiger partial charge in [0.05, 0.1) is 0 Å². The smallest absolute Gasteiger partial charge is 0.144 e. The molecular weight excluding hydrogens is 254 g/mol. The standard InChI is InChI=1S/C15H15N3S/c16-11-15-13(5-4-8-18-15)12-17-9-10-19-14-6-2-1-3-7-14/h1-8,17H,9-10,12H2. The zero-order valence-electron chi connectivity index (χ0n) is 10.5. The SMILES string of the molecule is N#Cc1ncccc1CNCCSc1ccccc1. The quantitative estimate of drug-likeness (QED) is 0.647. The lowest BCUT2D eigenvalue weighted by molar-refractivity contribution is 0.727. The molecule has 4 heteroatoms. The topological polar surface area (TPSA) is 48.7 Å². The minimum Gasteiger partial charge on any atom is -0.312 e. The maximum Gasteiger partial charge on any atom is 0.144 e. The first-order valence-electron chi connectivity index (χ1n) is 6.12. The van der Waals surface area contributed by atoms with Gasteiger partial charge >= 0.3 is 0 Å². The van der Waals surface area contributed by atoms with Crippen molar-refractivity contribution in [1.82, 2.24) is 10.3 Å². The Labute approximate surface area is 117 Å². The monoisotopic (exact) mass is 269 g/mol. The van der Waals surface area contributed by atoms with Gasteiger partial charge in [0.2, 0.25) is 0 Å². The fourth-order valence-electron chi connectivity index (χ4n) is 1.66. The van der Waals surface area contributed by atoms with Crippen molar-refractivity contribution in [3.63, 3.8) is 0 Å². The van der Waals surface area contributed by atoms with Crippen LogP contribution in [0.2, 0.25) is 0 Å². The molecule has 1 heterocycles. The maximum atomic E-state index is 8.93. The molecule has 0 radical (unpaired) electrons. The zero-order chi connectivity index (χ0) is 13.3. The molecule has 0 saturated carbocycles. The first-order valence-corrected chi connectivity index (χ1v) is 7.11. The average Bonchev–Trinajstić information content (AvgIpc) is 2.48. The summed E-state index contributed by atoms with van der Waals surface area (Å²) in [5, 5.41) is 12.3. The minimum absolute atomic E-state index is 0.505. The molecule has 96 valence electrons. The van der Waals surface area contributed by atoms with Gasteiger partial charge in [-0.2, -0.15) is 5.26 Å². The fraction of sp³-hybridized carbons (Fsp3) is 0.200. The summed E-state index contributed by atoms with van der Waals surface area (Å²) in [4.78, 5) is 5.32. The third-order valence-corrected chi connectivity index (χ3v) is 3.62. The third kappa shape index (κ3) is 4.40. The molecule has 0 amide bonds. The molecule has 19 heavy (non-hydrogen) atoms. The van der Waals surface area contributed by atoms with Crippen molar-refractivity contribution < 1.29 is 0 Å². The third-order valence-electron chi connectivity index (χ3n) is 2.60. The van der Waals surface area contributed by atoms with Crippen LogP contribution in [0.15, 0.2) is 53.6 Å². The second-order valence-corrected chi connectivity index (χ2v) is 5.13. The molecule has 0 bridgehead atoms. The molecule has 1 N–H and O–H groups in total. The maximum absolute atomic E-state index is 8.93. The second kappa shape index (κ2) is 7.57. The van der Waals surface area contributed by atoms with Gasteiger partial charge in [-0.25, -0.2) is 4.98 Å². The number of hydrogen-bond acceptors (Lipinski definition) is 4. The molecule has 0 saturated heterocycles. The molecule has 0 atom stereocenters. The first-order chi connectivity index (χ1) is 9.40. The Morgan fingerprint density at radius 2 is 2.00 bits per heavy atom. The lowest BCUT2D eigenvalue weighted by atomic mass is 10.2. The van der Waals surface area contributed by atoms with E-state index in [1.54, 1.807) is 6.20 Å². The summed E-state index contributed by atoms with van der Waals surface area (Å²) in [6.07, 6.45) is 1.65. The van der Waals surface area contributed by atoms with Crippen molar-refractivity contribution in [2.45, 2.75) is 11.4 Å². The molecule has 3 nitrogen and oxygen atoms in total. The highest BCUT2D eigenvalue weighted by molar-refractivity contribution is 7.99. The van der Waals surface area contributed by atoms with Crippen molar-refractivity contribution >= 4 is 11.8 Å². The van der Waals surface area contributed by atoms with E-state index in [9.17, 15) is 0 Å². The Balaban J connectivity index is 1.71. The van der Waals surface area contributed by atoms with E-state index in [1.165, 1.54) is 4.90 Å². The van der Waals surface area contributed by atoms with Crippen LogP contribution in [0, 0.1) is 11.3 Å². The van der Waals surface area contributed by atoms with E-state index in [4.69, 9.17) is 5.26 Å². The summed E-state index contributed by atoms with van der Waals surface area (Å²) < 4.78 is 0. The van der Waals surface area contributed by atoms with Crippen molar-refractivity contribution in [2.75, 3.05) is 12.3 Å². The van der Waals surface area contributed by atoms with E-state index in [0.717, 1.165) is 17.9 Å². The summed E-state index contributed by atoms with van der Waals surface area (Å²) in [7, 11) is 0. The lowest BCUT2D eigenvalue weighted by Crippen LogP contribution is -2.17. The predicted octanol–water partition coefficient (Wildman–Crippen LogP) is 2.84. The molecule has 0 aliphatic rings. The number of nitriles is 1. The highest BCUT2D eigenvalue weighted by Gasteiger charge is 2.01. The molecule has 2 rings (SSSR count). The Bertz CT molecular complexity index is 549. The fourth-order valence-corrected chi connectivity index (χ4v) is 2.49. The summed E-state index contributed by atoms with van der Waals surface area (Å²) in [6, 6.07) is 16.2. The summed E-state index contributed by atoms with van der Waals surface area (Å²) in [5.41, 5.74) is 1.46. The van der Waals surface area contributed by atoms with E-state index in [0.29, 0.717) is 12.2 Å². The van der Waals surface area contributed by atoms with E-state index >= 15 is 0 Å². The van der Waals surface area contributed by atoms with Gasteiger partial charge < -0.3 is 5.32 Å². The largest absolute Gasteiger partial charge is 0.312 e. The van der Waals surface area contributed by atoms with Gasteiger partial charge in [0.1, 0.15) is 11.8 Å². The van der Waals surface area contributed by atoms with Gasteiger partial charge in [-0.3, -0.25) is 0 Å². The Hall–Kier alpha value is -1.83. The molecule has 1 aromatic carbocycles. The molecular formula is C15H15N3S. The number of hydrogen-bond donors (Lipinski definition) is 1. The van der Waals surface area contributed by atoms with Crippen molar-refractivity contribution in [2.24, 2.45) is 0 Å². The van der Waals surface area contributed by atoms with Crippen LogP contribution >= 0.6 is 11.8 Å². The first kappa shape index (κ1) is 13.6. The van der Waals surface area contributed by atoms with Crippen LogP contribution < -0.4 is 5.32 Å². The number of thioether (sulfide) groups is 1. The van der Waals surface area contributed by atoms with Gasteiger partial charge in [-0.1, -0.05) is 24.3 Å². The molecule has 0 unspecified atom stereocenters. The molecule has 1 aromatic heterocycles. The van der Waals surface area contributed by atoms with Crippen molar-refractivity contribution in [1.29, 1.82) is 5.26 Å². The summed E-state index contributed by atoms with van der Waals surface area (Å²) >= 11 is 1.82. The van der Waals surface area contributed by atoms with Gasteiger partial charge in [0.25, 0.3) is 0 Å².